The van der Waals surface area contributed by atoms with Gasteiger partial charge in [-0.15, -0.1) is 0 Å². The van der Waals surface area contributed by atoms with E-state index >= 15 is 0 Å². The minimum atomic E-state index is -4.28. The van der Waals surface area contributed by atoms with E-state index in [0.29, 0.717) is 10.7 Å². The third-order valence-electron chi connectivity index (χ3n) is 1.94. The summed E-state index contributed by atoms with van der Waals surface area (Å²) in [4.78, 5) is 3.91. The van der Waals surface area contributed by atoms with Crippen LogP contribution in [-0.2, 0) is 6.42 Å². The summed E-state index contributed by atoms with van der Waals surface area (Å²) in [5, 5.41) is 0.585. The number of thioether (sulfide) groups is 1. The standard InChI is InChI=1S/C9H4ClF3INS/c10-5-3-7-4(1-6(5)14)2-8(15-7)16-9(11,12)13/h1,3H,2H2. The van der Waals surface area contributed by atoms with Gasteiger partial charge in [-0.3, -0.25) is 0 Å². The molecule has 2 rings (SSSR count). The van der Waals surface area contributed by atoms with E-state index in [1.54, 1.807) is 12.1 Å². The Labute approximate surface area is 113 Å². The van der Waals surface area contributed by atoms with Crippen molar-refractivity contribution >= 4 is 56.7 Å². The van der Waals surface area contributed by atoms with Crippen molar-refractivity contribution in [1.82, 2.24) is 0 Å². The fourth-order valence-corrected chi connectivity index (χ4v) is 2.68. The zero-order chi connectivity index (χ0) is 11.9. The summed E-state index contributed by atoms with van der Waals surface area (Å²) in [6.45, 7) is 0. The van der Waals surface area contributed by atoms with Crippen LogP contribution in [0.15, 0.2) is 17.1 Å². The van der Waals surface area contributed by atoms with Gasteiger partial charge in [0.2, 0.25) is 0 Å². The molecule has 0 aliphatic carbocycles. The summed E-state index contributed by atoms with van der Waals surface area (Å²) >= 11 is 7.75. The highest BCUT2D eigenvalue weighted by atomic mass is 127. The van der Waals surface area contributed by atoms with Crippen molar-refractivity contribution in [1.29, 1.82) is 0 Å². The number of hydrogen-bond donors (Lipinski definition) is 0. The molecule has 1 aromatic carbocycles. The smallest absolute Gasteiger partial charge is 0.246 e. The second-order valence-corrected chi connectivity index (χ2v) is 5.83. The molecule has 0 bridgehead atoms. The van der Waals surface area contributed by atoms with Gasteiger partial charge in [-0.05, 0) is 40.3 Å². The first kappa shape index (κ1) is 12.5. The zero-order valence-corrected chi connectivity index (χ0v) is 11.3. The maximum absolute atomic E-state index is 12.1. The molecule has 0 amide bonds. The molecule has 0 unspecified atom stereocenters. The van der Waals surface area contributed by atoms with Crippen LogP contribution >= 0.6 is 46.0 Å². The summed E-state index contributed by atoms with van der Waals surface area (Å²) in [6.07, 6.45) is 0.229. The first-order chi connectivity index (χ1) is 7.35. The molecule has 0 saturated heterocycles. The number of hydrogen-bond acceptors (Lipinski definition) is 2. The molecule has 1 aromatic rings. The van der Waals surface area contributed by atoms with E-state index in [1.165, 1.54) is 0 Å². The van der Waals surface area contributed by atoms with Crippen LogP contribution in [0.5, 0.6) is 0 Å². The van der Waals surface area contributed by atoms with Crippen molar-refractivity contribution in [3.8, 4) is 0 Å². The molecule has 0 N–H and O–H groups in total. The van der Waals surface area contributed by atoms with E-state index in [0.717, 1.165) is 9.13 Å². The lowest BCUT2D eigenvalue weighted by Crippen LogP contribution is -2.06. The van der Waals surface area contributed by atoms with Gasteiger partial charge in [-0.1, -0.05) is 11.6 Å². The average molecular weight is 378 g/mol. The van der Waals surface area contributed by atoms with E-state index < -0.39 is 5.51 Å². The van der Waals surface area contributed by atoms with Gasteiger partial charge in [0.05, 0.1) is 15.8 Å². The van der Waals surface area contributed by atoms with Crippen LogP contribution < -0.4 is 0 Å². The van der Waals surface area contributed by atoms with Crippen LogP contribution in [0.3, 0.4) is 0 Å². The van der Waals surface area contributed by atoms with Gasteiger partial charge in [0.25, 0.3) is 0 Å². The van der Waals surface area contributed by atoms with Crippen LogP contribution in [-0.4, -0.2) is 10.6 Å². The van der Waals surface area contributed by atoms with E-state index in [2.05, 4.69) is 4.99 Å². The highest BCUT2D eigenvalue weighted by molar-refractivity contribution is 14.1. The maximum atomic E-state index is 12.1. The fourth-order valence-electron chi connectivity index (χ4n) is 1.35. The molecule has 1 nitrogen and oxygen atoms in total. The molecule has 0 radical (unpaired) electrons. The third-order valence-corrected chi connectivity index (χ3v) is 4.17. The van der Waals surface area contributed by atoms with Crippen LogP contribution in [0.25, 0.3) is 0 Å². The minimum absolute atomic E-state index is 0.0700. The normalized spacial score (nSPS) is 14.9. The van der Waals surface area contributed by atoms with E-state index in [9.17, 15) is 13.2 Å². The molecule has 0 fully saturated rings. The van der Waals surface area contributed by atoms with Crippen molar-refractivity contribution in [2.45, 2.75) is 11.9 Å². The maximum Gasteiger partial charge on any atom is 0.447 e. The number of alkyl halides is 3. The van der Waals surface area contributed by atoms with Crippen LogP contribution in [0.4, 0.5) is 18.9 Å². The van der Waals surface area contributed by atoms with Gasteiger partial charge < -0.3 is 0 Å². The molecule has 7 heteroatoms. The molecule has 0 spiro atoms. The summed E-state index contributed by atoms with van der Waals surface area (Å²) in [7, 11) is 0. The number of fused-ring (bicyclic) bond motifs is 1. The Balaban J connectivity index is 2.25. The van der Waals surface area contributed by atoms with Crippen molar-refractivity contribution in [2.75, 3.05) is 0 Å². The quantitative estimate of drug-likeness (QED) is 0.593. The third kappa shape index (κ3) is 2.84. The molecule has 1 aliphatic rings. The predicted molar refractivity (Wildman–Crippen MR) is 68.6 cm³/mol. The Hall–Kier alpha value is 0.0500. The number of aliphatic imine (C=N–C) groups is 1. The van der Waals surface area contributed by atoms with Crippen LogP contribution in [0.1, 0.15) is 5.56 Å². The van der Waals surface area contributed by atoms with Gasteiger partial charge >= 0.3 is 5.51 Å². The Kier molecular flexibility index (Phi) is 3.42. The summed E-state index contributed by atoms with van der Waals surface area (Å²) in [6, 6.07) is 3.37. The second kappa shape index (κ2) is 4.38. The first-order valence-corrected chi connectivity index (χ1v) is 6.44. The Morgan fingerprint density at radius 3 is 2.69 bits per heavy atom. The number of rotatable bonds is 0. The van der Waals surface area contributed by atoms with Gasteiger partial charge in [-0.2, -0.15) is 13.2 Å². The van der Waals surface area contributed by atoms with Gasteiger partial charge in [-0.25, -0.2) is 4.99 Å². The lowest BCUT2D eigenvalue weighted by atomic mass is 10.2. The number of benzene rings is 1. The summed E-state index contributed by atoms with van der Waals surface area (Å²) in [5.74, 6) is 0. The Morgan fingerprint density at radius 1 is 1.38 bits per heavy atom. The molecular formula is C9H4ClF3INS. The van der Waals surface area contributed by atoms with Crippen molar-refractivity contribution in [2.24, 2.45) is 4.99 Å². The monoisotopic (exact) mass is 377 g/mol. The van der Waals surface area contributed by atoms with Gasteiger partial charge in [0.15, 0.2) is 0 Å². The Bertz CT molecular complexity index is 473. The number of halogens is 5. The highest BCUT2D eigenvalue weighted by Gasteiger charge is 2.33. The topological polar surface area (TPSA) is 12.4 Å². The number of nitrogens with zero attached hydrogens (tertiary/aromatic N) is 1. The van der Waals surface area contributed by atoms with Gasteiger partial charge in [0, 0.05) is 21.8 Å². The van der Waals surface area contributed by atoms with Crippen molar-refractivity contribution < 1.29 is 13.2 Å². The highest BCUT2D eigenvalue weighted by Crippen LogP contribution is 2.39. The molecule has 0 atom stereocenters. The van der Waals surface area contributed by atoms with E-state index in [-0.39, 0.29) is 23.2 Å². The van der Waals surface area contributed by atoms with Crippen LogP contribution in [0.2, 0.25) is 5.02 Å². The first-order valence-electron chi connectivity index (χ1n) is 4.16. The fraction of sp³-hybridized carbons (Fsp3) is 0.222. The van der Waals surface area contributed by atoms with E-state index in [4.69, 9.17) is 11.6 Å². The van der Waals surface area contributed by atoms with Gasteiger partial charge in [0.1, 0.15) is 0 Å². The zero-order valence-electron chi connectivity index (χ0n) is 7.61. The molecule has 0 aromatic heterocycles. The lowest BCUT2D eigenvalue weighted by molar-refractivity contribution is -0.0316. The Morgan fingerprint density at radius 2 is 2.06 bits per heavy atom. The molecule has 1 heterocycles. The molecule has 16 heavy (non-hydrogen) atoms. The summed E-state index contributed by atoms with van der Waals surface area (Å²) in [5.41, 5.74) is -2.95. The van der Waals surface area contributed by atoms with Crippen LogP contribution in [0, 0.1) is 3.57 Å². The van der Waals surface area contributed by atoms with Crippen molar-refractivity contribution in [3.63, 3.8) is 0 Å². The average Bonchev–Trinajstić information content (AvgIpc) is 2.44. The molecule has 0 saturated carbocycles. The SMILES string of the molecule is FC(F)(F)SC1=Nc2cc(Cl)c(I)cc2C1. The molecule has 86 valence electrons. The predicted octanol–water partition coefficient (Wildman–Crippen LogP) is 4.78. The lowest BCUT2D eigenvalue weighted by Gasteiger charge is -2.03. The second-order valence-electron chi connectivity index (χ2n) is 3.13. The molecule has 1 aliphatic heterocycles. The molecular weight excluding hydrogens is 374 g/mol. The largest absolute Gasteiger partial charge is 0.447 e. The minimum Gasteiger partial charge on any atom is -0.246 e. The van der Waals surface area contributed by atoms with E-state index in [1.807, 2.05) is 22.6 Å². The summed E-state index contributed by atoms with van der Waals surface area (Å²) < 4.78 is 37.3. The van der Waals surface area contributed by atoms with Crippen molar-refractivity contribution in [3.05, 3.63) is 26.3 Å².